The van der Waals surface area contributed by atoms with E-state index in [1.807, 2.05) is 54.6 Å². The number of hydrogen-bond acceptors (Lipinski definition) is 4. The highest BCUT2D eigenvalue weighted by molar-refractivity contribution is 5.80. The van der Waals surface area contributed by atoms with Crippen LogP contribution in [0.2, 0.25) is 0 Å². The van der Waals surface area contributed by atoms with E-state index in [2.05, 4.69) is 0 Å². The molecule has 0 bridgehead atoms. The summed E-state index contributed by atoms with van der Waals surface area (Å²) in [6.45, 7) is 0.819. The van der Waals surface area contributed by atoms with Crippen LogP contribution in [-0.4, -0.2) is 24.7 Å². The summed E-state index contributed by atoms with van der Waals surface area (Å²) in [5.74, 6) is 1.05. The van der Waals surface area contributed by atoms with Gasteiger partial charge in [0.25, 0.3) is 0 Å². The quantitative estimate of drug-likeness (QED) is 0.887. The molecule has 1 saturated heterocycles. The van der Waals surface area contributed by atoms with Crippen molar-refractivity contribution in [2.45, 2.75) is 18.8 Å². The van der Waals surface area contributed by atoms with E-state index < -0.39 is 12.0 Å². The Bertz CT molecular complexity index is 642. The maximum atomic E-state index is 11.0. The van der Waals surface area contributed by atoms with Crippen LogP contribution in [0.1, 0.15) is 5.56 Å². The van der Waals surface area contributed by atoms with Crippen molar-refractivity contribution in [2.24, 2.45) is 5.73 Å². The van der Waals surface area contributed by atoms with Gasteiger partial charge < -0.3 is 19.9 Å². The molecule has 2 atom stereocenters. The molecular formula is C18H18NO4. The normalized spacial score (nSPS) is 20.2. The number of nitrogens with two attached hydrogens (primary N) is 1. The molecule has 5 heteroatoms. The number of benzene rings is 2. The third-order valence-corrected chi connectivity index (χ3v) is 3.47. The summed E-state index contributed by atoms with van der Waals surface area (Å²) < 4.78 is 16.7. The Morgan fingerprint density at radius 3 is 2.48 bits per heavy atom. The molecule has 2 N–H and O–H groups in total. The maximum absolute atomic E-state index is 11.0. The minimum atomic E-state index is -0.668. The van der Waals surface area contributed by atoms with Crippen molar-refractivity contribution in [3.8, 4) is 11.5 Å². The van der Waals surface area contributed by atoms with Crippen LogP contribution in [0.4, 0.5) is 0 Å². The minimum absolute atomic E-state index is 0.265. The molecule has 1 aliphatic heterocycles. The first-order valence-corrected chi connectivity index (χ1v) is 7.40. The lowest BCUT2D eigenvalue weighted by atomic mass is 10.2. The maximum Gasteiger partial charge on any atom is 0.247 e. The number of para-hydroxylation sites is 1. The molecule has 0 aliphatic carbocycles. The highest BCUT2D eigenvalue weighted by atomic mass is 16.6. The van der Waals surface area contributed by atoms with E-state index in [1.165, 1.54) is 0 Å². The molecule has 0 aromatic heterocycles. The Balaban J connectivity index is 1.50. The smallest absolute Gasteiger partial charge is 0.247 e. The lowest BCUT2D eigenvalue weighted by Gasteiger charge is -2.12. The van der Waals surface area contributed by atoms with Crippen molar-refractivity contribution < 1.29 is 19.0 Å². The zero-order chi connectivity index (χ0) is 16.1. The lowest BCUT2D eigenvalue weighted by Crippen LogP contribution is -2.28. The molecule has 1 radical (unpaired) electrons. The largest absolute Gasteiger partial charge is 0.489 e. The van der Waals surface area contributed by atoms with Crippen LogP contribution in [-0.2, 0) is 16.1 Å². The number of ether oxygens (including phenoxy) is 3. The summed E-state index contributed by atoms with van der Waals surface area (Å²) in [7, 11) is 0. The second-order valence-electron chi connectivity index (χ2n) is 5.25. The molecule has 1 fully saturated rings. The van der Waals surface area contributed by atoms with Gasteiger partial charge >= 0.3 is 0 Å². The van der Waals surface area contributed by atoms with Crippen LogP contribution in [0.5, 0.6) is 11.5 Å². The van der Waals surface area contributed by atoms with Crippen LogP contribution in [0.15, 0.2) is 54.6 Å². The van der Waals surface area contributed by atoms with Gasteiger partial charge in [-0.1, -0.05) is 30.3 Å². The second kappa shape index (κ2) is 7.15. The number of rotatable bonds is 6. The highest BCUT2D eigenvalue weighted by Crippen LogP contribution is 2.21. The van der Waals surface area contributed by atoms with Gasteiger partial charge in [-0.05, 0) is 29.8 Å². The first-order chi connectivity index (χ1) is 11.2. The monoisotopic (exact) mass is 312 g/mol. The summed E-state index contributed by atoms with van der Waals surface area (Å²) in [6.07, 6.45) is 0.742. The predicted octanol–water partition coefficient (Wildman–Crippen LogP) is 2.10. The molecule has 3 rings (SSSR count). The molecule has 23 heavy (non-hydrogen) atoms. The molecule has 119 valence electrons. The van der Waals surface area contributed by atoms with Crippen LogP contribution >= 0.6 is 0 Å². The van der Waals surface area contributed by atoms with Crippen molar-refractivity contribution in [1.82, 2.24) is 0 Å². The van der Waals surface area contributed by atoms with E-state index in [1.54, 1.807) is 6.42 Å². The Labute approximate surface area is 135 Å². The van der Waals surface area contributed by atoms with Gasteiger partial charge in [-0.2, -0.15) is 0 Å². The van der Waals surface area contributed by atoms with E-state index in [9.17, 15) is 4.79 Å². The molecule has 1 amide bonds. The van der Waals surface area contributed by atoms with Gasteiger partial charge in [0.1, 0.15) is 30.3 Å². The fraction of sp³-hybridized carbons (Fsp3) is 0.222. The Morgan fingerprint density at radius 1 is 1.09 bits per heavy atom. The first kappa shape index (κ1) is 15.4. The molecule has 0 saturated carbocycles. The third kappa shape index (κ3) is 4.23. The fourth-order valence-electron chi connectivity index (χ4n) is 2.28. The summed E-state index contributed by atoms with van der Waals surface area (Å²) in [6, 6.07) is 17.3. The molecule has 1 heterocycles. The average Bonchev–Trinajstić information content (AvgIpc) is 3.04. The van der Waals surface area contributed by atoms with E-state index in [-0.39, 0.29) is 6.10 Å². The van der Waals surface area contributed by atoms with E-state index in [0.717, 1.165) is 11.3 Å². The number of carbonyl (C=O) groups is 1. The zero-order valence-corrected chi connectivity index (χ0v) is 12.6. The summed E-state index contributed by atoms with van der Waals surface area (Å²) in [4.78, 5) is 11.0. The van der Waals surface area contributed by atoms with E-state index in [0.29, 0.717) is 19.0 Å². The Morgan fingerprint density at radius 2 is 1.83 bits per heavy atom. The molecule has 2 aromatic carbocycles. The van der Waals surface area contributed by atoms with Crippen LogP contribution < -0.4 is 15.2 Å². The molecular weight excluding hydrogens is 294 g/mol. The molecule has 1 aliphatic rings. The van der Waals surface area contributed by atoms with E-state index in [4.69, 9.17) is 19.9 Å². The van der Waals surface area contributed by atoms with E-state index >= 15 is 0 Å². The number of primary amides is 1. The van der Waals surface area contributed by atoms with Gasteiger partial charge in [0, 0.05) is 6.42 Å². The lowest BCUT2D eigenvalue weighted by molar-refractivity contribution is -0.125. The SMILES string of the molecule is NC(=O)C1[CH]C(Oc2ccc(COc3ccccc3)cc2)CO1. The average molecular weight is 312 g/mol. The minimum Gasteiger partial charge on any atom is -0.489 e. The van der Waals surface area contributed by atoms with Gasteiger partial charge in [0.15, 0.2) is 0 Å². The van der Waals surface area contributed by atoms with Crippen molar-refractivity contribution in [1.29, 1.82) is 0 Å². The molecule has 2 aromatic rings. The van der Waals surface area contributed by atoms with Gasteiger partial charge in [-0.15, -0.1) is 0 Å². The van der Waals surface area contributed by atoms with Crippen molar-refractivity contribution in [2.75, 3.05) is 6.61 Å². The van der Waals surface area contributed by atoms with Crippen LogP contribution in [0.25, 0.3) is 0 Å². The Hall–Kier alpha value is -2.53. The van der Waals surface area contributed by atoms with Crippen LogP contribution in [0.3, 0.4) is 0 Å². The van der Waals surface area contributed by atoms with Gasteiger partial charge in [0.2, 0.25) is 5.91 Å². The van der Waals surface area contributed by atoms with Gasteiger partial charge in [-0.25, -0.2) is 0 Å². The molecule has 0 spiro atoms. The molecule has 5 nitrogen and oxygen atoms in total. The van der Waals surface area contributed by atoms with Gasteiger partial charge in [0.05, 0.1) is 6.61 Å². The topological polar surface area (TPSA) is 70.8 Å². The Kier molecular flexibility index (Phi) is 4.78. The summed E-state index contributed by atoms with van der Waals surface area (Å²) in [5.41, 5.74) is 6.23. The fourth-order valence-corrected chi connectivity index (χ4v) is 2.28. The third-order valence-electron chi connectivity index (χ3n) is 3.47. The van der Waals surface area contributed by atoms with Crippen molar-refractivity contribution in [3.63, 3.8) is 0 Å². The number of carbonyl (C=O) groups excluding carboxylic acids is 1. The van der Waals surface area contributed by atoms with Gasteiger partial charge in [-0.3, -0.25) is 4.79 Å². The summed E-state index contributed by atoms with van der Waals surface area (Å²) >= 11 is 0. The predicted molar refractivity (Wildman–Crippen MR) is 84.9 cm³/mol. The van der Waals surface area contributed by atoms with Crippen molar-refractivity contribution in [3.05, 3.63) is 66.6 Å². The number of hydrogen-bond donors (Lipinski definition) is 1. The zero-order valence-electron chi connectivity index (χ0n) is 12.6. The van der Waals surface area contributed by atoms with Crippen LogP contribution in [0, 0.1) is 6.42 Å². The highest BCUT2D eigenvalue weighted by Gasteiger charge is 2.31. The summed E-state index contributed by atoms with van der Waals surface area (Å²) in [5, 5.41) is 0. The van der Waals surface area contributed by atoms with Crippen molar-refractivity contribution >= 4 is 5.91 Å². The number of amides is 1. The molecule has 2 unspecified atom stereocenters. The standard InChI is InChI=1S/C18H18NO4/c19-18(20)17-10-16(12-22-17)23-15-8-6-13(7-9-15)11-21-14-4-2-1-3-5-14/h1-10,16-17H,11-12H2,(H2,19,20). The first-order valence-electron chi connectivity index (χ1n) is 7.40. The second-order valence-corrected chi connectivity index (χ2v) is 5.25.